The van der Waals surface area contributed by atoms with Crippen LogP contribution in [0.4, 0.5) is 0 Å². The number of hydrogen-bond donors (Lipinski definition) is 1. The summed E-state index contributed by atoms with van der Waals surface area (Å²) in [6.45, 7) is 3.76. The number of rotatable bonds is 5. The first-order valence-electron chi connectivity index (χ1n) is 6.06. The predicted molar refractivity (Wildman–Crippen MR) is 79.7 cm³/mol. The number of hydrogen-bond acceptors (Lipinski definition) is 3. The highest BCUT2D eigenvalue weighted by Gasteiger charge is 2.15. The van der Waals surface area contributed by atoms with Gasteiger partial charge in [0.15, 0.2) is 6.10 Å². The van der Waals surface area contributed by atoms with Gasteiger partial charge in [-0.05, 0) is 32.1 Å². The second kappa shape index (κ2) is 7.92. The third kappa shape index (κ3) is 4.87. The Morgan fingerprint density at radius 3 is 2.50 bits per heavy atom. The highest BCUT2D eigenvalue weighted by Crippen LogP contribution is 2.25. The molecule has 6 heteroatoms. The first-order valence-corrected chi connectivity index (χ1v) is 6.81. The number of carbonyl (C=O) groups is 2. The van der Waals surface area contributed by atoms with Gasteiger partial charge in [0.25, 0.3) is 5.91 Å². The summed E-state index contributed by atoms with van der Waals surface area (Å²) in [6, 6.07) is 5.03. The molecule has 0 radical (unpaired) electrons. The largest absolute Gasteiger partial charge is 0.449 e. The summed E-state index contributed by atoms with van der Waals surface area (Å²) < 4.78 is 4.94. The van der Waals surface area contributed by atoms with E-state index in [0.717, 1.165) is 0 Å². The molecule has 0 aliphatic heterocycles. The summed E-state index contributed by atoms with van der Waals surface area (Å²) >= 11 is 11.9. The van der Waals surface area contributed by atoms with E-state index in [2.05, 4.69) is 5.32 Å². The fourth-order valence-electron chi connectivity index (χ4n) is 1.41. The highest BCUT2D eigenvalue weighted by molar-refractivity contribution is 6.37. The fourth-order valence-corrected chi connectivity index (χ4v) is 1.93. The van der Waals surface area contributed by atoms with Crippen molar-refractivity contribution in [2.45, 2.75) is 20.0 Å². The van der Waals surface area contributed by atoms with E-state index in [4.69, 9.17) is 27.9 Å². The first-order chi connectivity index (χ1) is 9.45. The van der Waals surface area contributed by atoms with Gasteiger partial charge in [0.05, 0.1) is 0 Å². The number of halogens is 2. The molecule has 0 aliphatic carbocycles. The van der Waals surface area contributed by atoms with E-state index < -0.39 is 12.1 Å². The van der Waals surface area contributed by atoms with Crippen LogP contribution in [0.5, 0.6) is 0 Å². The third-order valence-corrected chi connectivity index (χ3v) is 3.06. The van der Waals surface area contributed by atoms with Gasteiger partial charge >= 0.3 is 5.97 Å². The summed E-state index contributed by atoms with van der Waals surface area (Å²) in [7, 11) is 0. The van der Waals surface area contributed by atoms with E-state index in [-0.39, 0.29) is 5.91 Å². The van der Waals surface area contributed by atoms with Crippen LogP contribution in [0.1, 0.15) is 19.4 Å². The maximum absolute atomic E-state index is 11.6. The van der Waals surface area contributed by atoms with Gasteiger partial charge in [-0.3, -0.25) is 4.79 Å². The average Bonchev–Trinajstić information content (AvgIpc) is 2.38. The Labute approximate surface area is 127 Å². The van der Waals surface area contributed by atoms with Gasteiger partial charge in [0, 0.05) is 28.2 Å². The van der Waals surface area contributed by atoms with Crippen LogP contribution >= 0.6 is 23.2 Å². The van der Waals surface area contributed by atoms with Crippen molar-refractivity contribution < 1.29 is 14.3 Å². The minimum absolute atomic E-state index is 0.343. The van der Waals surface area contributed by atoms with Crippen LogP contribution in [0.25, 0.3) is 6.08 Å². The van der Waals surface area contributed by atoms with Gasteiger partial charge in [-0.2, -0.15) is 0 Å². The van der Waals surface area contributed by atoms with Crippen molar-refractivity contribution in [2.75, 3.05) is 6.54 Å². The van der Waals surface area contributed by atoms with Crippen molar-refractivity contribution in [3.63, 3.8) is 0 Å². The lowest BCUT2D eigenvalue weighted by Gasteiger charge is -2.10. The second-order valence-electron chi connectivity index (χ2n) is 3.94. The van der Waals surface area contributed by atoms with Crippen LogP contribution in [0, 0.1) is 0 Å². The van der Waals surface area contributed by atoms with Crippen molar-refractivity contribution in [1.29, 1.82) is 0 Å². The number of amides is 1. The Hall–Kier alpha value is -1.52. The molecule has 0 fully saturated rings. The molecule has 0 aromatic heterocycles. The molecule has 1 amide bonds. The third-order valence-electron chi connectivity index (χ3n) is 2.40. The average molecular weight is 316 g/mol. The minimum atomic E-state index is -0.853. The molecule has 1 rings (SSSR count). The number of benzene rings is 1. The maximum atomic E-state index is 11.6. The van der Waals surface area contributed by atoms with E-state index in [0.29, 0.717) is 22.2 Å². The molecule has 4 nitrogen and oxygen atoms in total. The summed E-state index contributed by atoms with van der Waals surface area (Å²) in [5.41, 5.74) is 0.526. The Morgan fingerprint density at radius 2 is 1.95 bits per heavy atom. The Morgan fingerprint density at radius 1 is 1.35 bits per heavy atom. The van der Waals surface area contributed by atoms with Crippen LogP contribution < -0.4 is 5.32 Å². The molecule has 1 atom stereocenters. The Kier molecular flexibility index (Phi) is 6.55. The SMILES string of the molecule is CCNC(=O)[C@H](C)OC(=O)/C=C/c1c(Cl)cccc1Cl. The van der Waals surface area contributed by atoms with Crippen LogP contribution in [0.15, 0.2) is 24.3 Å². The lowest BCUT2D eigenvalue weighted by Crippen LogP contribution is -2.35. The molecule has 0 bridgehead atoms. The van der Waals surface area contributed by atoms with Crippen molar-refractivity contribution in [3.8, 4) is 0 Å². The van der Waals surface area contributed by atoms with Gasteiger partial charge in [-0.15, -0.1) is 0 Å². The second-order valence-corrected chi connectivity index (χ2v) is 4.76. The summed E-state index contributed by atoms with van der Waals surface area (Å²) in [4.78, 5) is 23.0. The molecule has 1 aromatic carbocycles. The molecule has 0 unspecified atom stereocenters. The van der Waals surface area contributed by atoms with Gasteiger partial charge in [-0.1, -0.05) is 29.3 Å². The number of esters is 1. The molecule has 1 N–H and O–H groups in total. The summed E-state index contributed by atoms with van der Waals surface area (Å²) in [5, 5.41) is 3.42. The number of nitrogens with one attached hydrogen (secondary N) is 1. The van der Waals surface area contributed by atoms with Crippen LogP contribution in [-0.2, 0) is 14.3 Å². The quantitative estimate of drug-likeness (QED) is 0.671. The van der Waals surface area contributed by atoms with Crippen LogP contribution in [-0.4, -0.2) is 24.5 Å². The number of ether oxygens (including phenoxy) is 1. The number of likely N-dealkylation sites (N-methyl/N-ethyl adjacent to an activating group) is 1. The number of carbonyl (C=O) groups excluding carboxylic acids is 2. The molecular weight excluding hydrogens is 301 g/mol. The minimum Gasteiger partial charge on any atom is -0.449 e. The van der Waals surface area contributed by atoms with E-state index in [1.807, 2.05) is 0 Å². The van der Waals surface area contributed by atoms with E-state index in [1.165, 1.54) is 19.1 Å². The summed E-state index contributed by atoms with van der Waals surface area (Å²) in [5.74, 6) is -0.982. The van der Waals surface area contributed by atoms with Crippen LogP contribution in [0.3, 0.4) is 0 Å². The topological polar surface area (TPSA) is 55.4 Å². The lowest BCUT2D eigenvalue weighted by atomic mass is 10.2. The van der Waals surface area contributed by atoms with Crippen molar-refractivity contribution in [3.05, 3.63) is 39.9 Å². The van der Waals surface area contributed by atoms with Crippen LogP contribution in [0.2, 0.25) is 10.0 Å². The predicted octanol–water partition coefficient (Wildman–Crippen LogP) is 3.07. The molecule has 1 aromatic rings. The molecule has 0 aliphatic rings. The van der Waals surface area contributed by atoms with E-state index >= 15 is 0 Å². The molecule has 0 heterocycles. The molecular formula is C14H15Cl2NO3. The smallest absolute Gasteiger partial charge is 0.331 e. The zero-order valence-corrected chi connectivity index (χ0v) is 12.7. The maximum Gasteiger partial charge on any atom is 0.331 e. The lowest BCUT2D eigenvalue weighted by molar-refractivity contribution is -0.150. The van der Waals surface area contributed by atoms with Gasteiger partial charge < -0.3 is 10.1 Å². The Balaban J connectivity index is 2.67. The Bertz CT molecular complexity index is 509. The van der Waals surface area contributed by atoms with Gasteiger partial charge in [-0.25, -0.2) is 4.79 Å². The van der Waals surface area contributed by atoms with Crippen molar-refractivity contribution in [2.24, 2.45) is 0 Å². The standard InChI is InChI=1S/C14H15Cl2NO3/c1-3-17-14(19)9(2)20-13(18)8-7-10-11(15)5-4-6-12(10)16/h4-9H,3H2,1-2H3,(H,17,19)/b8-7+/t9-/m0/s1. The first kappa shape index (κ1) is 16.5. The molecule has 0 spiro atoms. The fraction of sp³-hybridized carbons (Fsp3) is 0.286. The summed E-state index contributed by atoms with van der Waals surface area (Å²) in [6.07, 6.45) is 1.79. The molecule has 0 saturated heterocycles. The van der Waals surface area contributed by atoms with Crippen molar-refractivity contribution in [1.82, 2.24) is 5.32 Å². The van der Waals surface area contributed by atoms with E-state index in [9.17, 15) is 9.59 Å². The zero-order valence-electron chi connectivity index (χ0n) is 11.2. The van der Waals surface area contributed by atoms with Gasteiger partial charge in [0.2, 0.25) is 0 Å². The van der Waals surface area contributed by atoms with Gasteiger partial charge in [0.1, 0.15) is 0 Å². The van der Waals surface area contributed by atoms with E-state index in [1.54, 1.807) is 25.1 Å². The normalized spacial score (nSPS) is 12.2. The molecule has 108 valence electrons. The molecule has 0 saturated carbocycles. The van der Waals surface area contributed by atoms with Crippen molar-refractivity contribution >= 4 is 41.2 Å². The molecule has 20 heavy (non-hydrogen) atoms. The zero-order chi connectivity index (χ0) is 15.1. The monoisotopic (exact) mass is 315 g/mol. The highest BCUT2D eigenvalue weighted by atomic mass is 35.5.